The molecule has 0 aliphatic rings. The van der Waals surface area contributed by atoms with E-state index in [2.05, 4.69) is 36.5 Å². The number of hydrazine groups is 1. The quantitative estimate of drug-likeness (QED) is 0.316. The second kappa shape index (κ2) is 7.30. The number of primary amides is 1. The lowest BCUT2D eigenvalue weighted by Gasteiger charge is -2.08. The fourth-order valence-electron chi connectivity index (χ4n) is 2.10. The summed E-state index contributed by atoms with van der Waals surface area (Å²) in [6.07, 6.45) is 0. The Morgan fingerprint density at radius 3 is 2.62 bits per heavy atom. The molecule has 1 aromatic carbocycles. The van der Waals surface area contributed by atoms with Crippen LogP contribution < -0.4 is 21.3 Å². The van der Waals surface area contributed by atoms with Crippen molar-refractivity contribution in [2.75, 3.05) is 13.1 Å². The maximum atomic E-state index is 12.6. The van der Waals surface area contributed by atoms with Crippen LogP contribution in [0.3, 0.4) is 0 Å². The molecule has 24 heavy (non-hydrogen) atoms. The second-order valence-electron chi connectivity index (χ2n) is 4.89. The number of amides is 2. The molecular formula is C13H16BrN5O4S. The van der Waals surface area contributed by atoms with Gasteiger partial charge in [0.05, 0.1) is 0 Å². The molecule has 0 aliphatic heterocycles. The Morgan fingerprint density at radius 2 is 2.00 bits per heavy atom. The van der Waals surface area contributed by atoms with Crippen LogP contribution in [0.1, 0.15) is 17.4 Å². The molecule has 0 aliphatic carbocycles. The van der Waals surface area contributed by atoms with Crippen LogP contribution in [0.5, 0.6) is 0 Å². The lowest BCUT2D eigenvalue weighted by atomic mass is 10.2. The van der Waals surface area contributed by atoms with Gasteiger partial charge in [0, 0.05) is 35.4 Å². The molecule has 1 aromatic heterocycles. The van der Waals surface area contributed by atoms with Crippen molar-refractivity contribution < 1.29 is 18.0 Å². The van der Waals surface area contributed by atoms with Crippen molar-refractivity contribution in [1.82, 2.24) is 20.6 Å². The molecular weight excluding hydrogens is 402 g/mol. The monoisotopic (exact) mass is 417 g/mol. The van der Waals surface area contributed by atoms with Gasteiger partial charge >= 0.3 is 0 Å². The summed E-state index contributed by atoms with van der Waals surface area (Å²) >= 11 is 3.27. The topological polar surface area (TPSA) is 146 Å². The Balaban J connectivity index is 2.31. The fourth-order valence-corrected chi connectivity index (χ4v) is 3.85. The number of carbonyl (C=O) groups excluding carboxylic acids is 2. The Morgan fingerprint density at radius 1 is 1.29 bits per heavy atom. The summed E-state index contributed by atoms with van der Waals surface area (Å²) in [6, 6.07) is 4.94. The van der Waals surface area contributed by atoms with E-state index in [1.54, 1.807) is 18.2 Å². The summed E-state index contributed by atoms with van der Waals surface area (Å²) < 4.78 is 28.2. The van der Waals surface area contributed by atoms with Crippen LogP contribution in [-0.2, 0) is 14.8 Å². The molecule has 1 heterocycles. The van der Waals surface area contributed by atoms with Gasteiger partial charge < -0.3 is 10.7 Å². The molecule has 6 N–H and O–H groups in total. The molecule has 0 unspecified atom stereocenters. The highest BCUT2D eigenvalue weighted by Crippen LogP contribution is 2.29. The number of hydrogen-bond acceptors (Lipinski definition) is 5. The summed E-state index contributed by atoms with van der Waals surface area (Å²) in [7, 11) is -3.99. The SMILES string of the molecule is CC(=O)NNCCNS(=O)(=O)c1c(C(N)=O)[nH]c2ccc(Br)cc12. The van der Waals surface area contributed by atoms with Crippen molar-refractivity contribution in [3.05, 3.63) is 28.4 Å². The van der Waals surface area contributed by atoms with Gasteiger partial charge in [-0.15, -0.1) is 0 Å². The number of H-pyrrole nitrogens is 1. The van der Waals surface area contributed by atoms with Gasteiger partial charge in [-0.05, 0) is 18.2 Å². The van der Waals surface area contributed by atoms with Crippen LogP contribution >= 0.6 is 15.9 Å². The molecule has 0 atom stereocenters. The minimum Gasteiger partial charge on any atom is -0.364 e. The number of nitrogens with two attached hydrogens (primary N) is 1. The van der Waals surface area contributed by atoms with E-state index < -0.39 is 15.9 Å². The number of sulfonamides is 1. The van der Waals surface area contributed by atoms with E-state index in [4.69, 9.17) is 5.73 Å². The number of carbonyl (C=O) groups is 2. The van der Waals surface area contributed by atoms with Crippen molar-refractivity contribution in [2.24, 2.45) is 5.73 Å². The summed E-state index contributed by atoms with van der Waals surface area (Å²) in [5.74, 6) is -1.17. The van der Waals surface area contributed by atoms with Crippen molar-refractivity contribution in [3.63, 3.8) is 0 Å². The van der Waals surface area contributed by atoms with Crippen molar-refractivity contribution in [1.29, 1.82) is 0 Å². The normalized spacial score (nSPS) is 11.6. The first-order valence-electron chi connectivity index (χ1n) is 6.82. The molecule has 0 fully saturated rings. The Hall–Kier alpha value is -1.95. The Labute approximate surface area is 146 Å². The van der Waals surface area contributed by atoms with E-state index in [0.717, 1.165) is 0 Å². The molecule has 130 valence electrons. The zero-order valence-electron chi connectivity index (χ0n) is 12.6. The summed E-state index contributed by atoms with van der Waals surface area (Å²) in [5, 5.41) is 0.348. The molecule has 0 bridgehead atoms. The van der Waals surface area contributed by atoms with E-state index in [0.29, 0.717) is 15.4 Å². The molecule has 11 heteroatoms. The minimum absolute atomic E-state index is 0.00148. The lowest BCUT2D eigenvalue weighted by molar-refractivity contribution is -0.119. The number of aromatic amines is 1. The van der Waals surface area contributed by atoms with Gasteiger partial charge in [0.25, 0.3) is 5.91 Å². The van der Waals surface area contributed by atoms with E-state index in [1.807, 2.05) is 0 Å². The number of hydrogen-bond donors (Lipinski definition) is 5. The molecule has 0 spiro atoms. The number of halogens is 1. The Bertz CT molecular complexity index is 893. The minimum atomic E-state index is -3.99. The standard InChI is InChI=1S/C13H16BrN5O4S/c1-7(20)19-16-4-5-17-24(22,23)12-9-6-8(14)2-3-10(9)18-11(12)13(15)21/h2-3,6,16-18H,4-5H2,1H3,(H2,15,21)(H,19,20). The van der Waals surface area contributed by atoms with Gasteiger partial charge in [0.2, 0.25) is 15.9 Å². The maximum Gasteiger partial charge on any atom is 0.266 e. The smallest absolute Gasteiger partial charge is 0.266 e. The summed E-state index contributed by atoms with van der Waals surface area (Å²) in [4.78, 5) is 24.8. The fraction of sp³-hybridized carbons (Fsp3) is 0.231. The van der Waals surface area contributed by atoms with Crippen molar-refractivity contribution in [2.45, 2.75) is 11.8 Å². The number of rotatable bonds is 7. The average Bonchev–Trinajstić information content (AvgIpc) is 2.86. The van der Waals surface area contributed by atoms with E-state index in [9.17, 15) is 18.0 Å². The second-order valence-corrected chi connectivity index (χ2v) is 7.51. The molecule has 0 radical (unpaired) electrons. The number of nitrogens with one attached hydrogen (secondary N) is 4. The Kier molecular flexibility index (Phi) is 5.59. The third kappa shape index (κ3) is 4.12. The van der Waals surface area contributed by atoms with E-state index in [1.165, 1.54) is 6.92 Å². The third-order valence-corrected chi connectivity index (χ3v) is 5.07. The zero-order valence-corrected chi connectivity index (χ0v) is 15.0. The predicted octanol–water partition coefficient (Wildman–Crippen LogP) is -0.0517. The van der Waals surface area contributed by atoms with Gasteiger partial charge in [0.15, 0.2) is 0 Å². The van der Waals surface area contributed by atoms with E-state index in [-0.39, 0.29) is 29.6 Å². The molecule has 9 nitrogen and oxygen atoms in total. The molecule has 0 saturated heterocycles. The number of benzene rings is 1. The van der Waals surface area contributed by atoms with Gasteiger partial charge in [-0.25, -0.2) is 18.6 Å². The highest BCUT2D eigenvalue weighted by Gasteiger charge is 2.26. The number of fused-ring (bicyclic) bond motifs is 1. The molecule has 2 aromatic rings. The first-order valence-corrected chi connectivity index (χ1v) is 9.10. The van der Waals surface area contributed by atoms with Crippen LogP contribution in [-0.4, -0.2) is 38.3 Å². The first kappa shape index (κ1) is 18.4. The van der Waals surface area contributed by atoms with Crippen molar-refractivity contribution in [3.8, 4) is 0 Å². The zero-order chi connectivity index (χ0) is 17.9. The van der Waals surface area contributed by atoms with Gasteiger partial charge in [-0.1, -0.05) is 15.9 Å². The highest BCUT2D eigenvalue weighted by atomic mass is 79.9. The van der Waals surface area contributed by atoms with Crippen LogP contribution in [0, 0.1) is 0 Å². The third-order valence-electron chi connectivity index (χ3n) is 3.03. The van der Waals surface area contributed by atoms with Crippen LogP contribution in [0.15, 0.2) is 27.6 Å². The molecule has 0 saturated carbocycles. The van der Waals surface area contributed by atoms with Crippen molar-refractivity contribution >= 4 is 48.7 Å². The van der Waals surface area contributed by atoms with E-state index >= 15 is 0 Å². The van der Waals surface area contributed by atoms with Gasteiger partial charge in [0.1, 0.15) is 10.6 Å². The van der Waals surface area contributed by atoms with Crippen LogP contribution in [0.25, 0.3) is 10.9 Å². The van der Waals surface area contributed by atoms with Crippen LogP contribution in [0.2, 0.25) is 0 Å². The summed E-state index contributed by atoms with van der Waals surface area (Å²) in [5.41, 5.74) is 10.5. The lowest BCUT2D eigenvalue weighted by Crippen LogP contribution is -2.41. The first-order chi connectivity index (χ1) is 11.2. The molecule has 2 amide bonds. The highest BCUT2D eigenvalue weighted by molar-refractivity contribution is 9.10. The predicted molar refractivity (Wildman–Crippen MR) is 91.5 cm³/mol. The maximum absolute atomic E-state index is 12.6. The number of aromatic nitrogens is 1. The summed E-state index contributed by atoms with van der Waals surface area (Å²) in [6.45, 7) is 1.48. The molecule has 2 rings (SSSR count). The average molecular weight is 418 g/mol. The van der Waals surface area contributed by atoms with Crippen LogP contribution in [0.4, 0.5) is 0 Å². The van der Waals surface area contributed by atoms with Gasteiger partial charge in [-0.2, -0.15) is 0 Å². The largest absolute Gasteiger partial charge is 0.364 e. The van der Waals surface area contributed by atoms with Gasteiger partial charge in [-0.3, -0.25) is 15.0 Å².